The van der Waals surface area contributed by atoms with Crippen LogP contribution in [0.15, 0.2) is 48.5 Å². The monoisotopic (exact) mass is 350 g/mol. The molecular formula is C22H26N2O2. The van der Waals surface area contributed by atoms with Gasteiger partial charge in [-0.1, -0.05) is 47.5 Å². The van der Waals surface area contributed by atoms with Crippen LogP contribution < -0.4 is 5.32 Å². The maximum absolute atomic E-state index is 12.6. The van der Waals surface area contributed by atoms with E-state index in [1.807, 2.05) is 55.1 Å². The normalized spacial score (nSPS) is 14.9. The molecule has 2 amide bonds. The zero-order chi connectivity index (χ0) is 18.5. The average molecular weight is 350 g/mol. The van der Waals surface area contributed by atoms with E-state index in [4.69, 9.17) is 0 Å². The number of hydrogen-bond donors (Lipinski definition) is 1. The summed E-state index contributed by atoms with van der Waals surface area (Å²) in [5.74, 6) is 0.138. The summed E-state index contributed by atoms with van der Waals surface area (Å²) in [6, 6.07) is 15.8. The fourth-order valence-electron chi connectivity index (χ4n) is 3.26. The van der Waals surface area contributed by atoms with Crippen LogP contribution in [0.5, 0.6) is 0 Å². The van der Waals surface area contributed by atoms with E-state index in [1.54, 1.807) is 0 Å². The Balaban J connectivity index is 1.48. The van der Waals surface area contributed by atoms with Crippen LogP contribution in [-0.2, 0) is 11.3 Å². The second kappa shape index (κ2) is 8.17. The van der Waals surface area contributed by atoms with Crippen LogP contribution in [0, 0.1) is 19.8 Å². The predicted molar refractivity (Wildman–Crippen MR) is 103 cm³/mol. The molecule has 4 heteroatoms. The molecule has 0 aromatic heterocycles. The summed E-state index contributed by atoms with van der Waals surface area (Å²) in [6.45, 7) is 5.88. The fourth-order valence-corrected chi connectivity index (χ4v) is 3.26. The molecule has 1 fully saturated rings. The second-order valence-corrected chi connectivity index (χ2v) is 7.14. The molecule has 0 aliphatic carbocycles. The Hall–Kier alpha value is -2.62. The van der Waals surface area contributed by atoms with E-state index in [-0.39, 0.29) is 17.7 Å². The van der Waals surface area contributed by atoms with Gasteiger partial charge in [0.25, 0.3) is 5.91 Å². The number of carbonyl (C=O) groups is 2. The number of piperidine rings is 1. The van der Waals surface area contributed by atoms with E-state index in [1.165, 1.54) is 5.56 Å². The molecule has 0 atom stereocenters. The highest BCUT2D eigenvalue weighted by molar-refractivity contribution is 5.94. The smallest absolute Gasteiger partial charge is 0.253 e. The third-order valence-electron chi connectivity index (χ3n) is 5.04. The predicted octanol–water partition coefficient (Wildman–Crippen LogP) is 3.47. The Kier molecular flexibility index (Phi) is 5.71. The minimum absolute atomic E-state index is 0.0116. The topological polar surface area (TPSA) is 49.4 Å². The molecule has 3 rings (SSSR count). The average Bonchev–Trinajstić information content (AvgIpc) is 2.67. The highest BCUT2D eigenvalue weighted by atomic mass is 16.2. The third-order valence-corrected chi connectivity index (χ3v) is 5.04. The lowest BCUT2D eigenvalue weighted by atomic mass is 9.95. The summed E-state index contributed by atoms with van der Waals surface area (Å²) in [5.41, 5.74) is 4.19. The molecular weight excluding hydrogens is 324 g/mol. The van der Waals surface area contributed by atoms with Crippen molar-refractivity contribution in [1.82, 2.24) is 10.2 Å². The van der Waals surface area contributed by atoms with E-state index in [0.717, 1.165) is 29.5 Å². The molecule has 1 aliphatic heterocycles. The largest absolute Gasteiger partial charge is 0.352 e. The van der Waals surface area contributed by atoms with Crippen molar-refractivity contribution in [3.05, 3.63) is 70.8 Å². The van der Waals surface area contributed by atoms with Crippen LogP contribution in [0.25, 0.3) is 0 Å². The molecule has 2 aromatic rings. The van der Waals surface area contributed by atoms with Crippen molar-refractivity contribution in [2.45, 2.75) is 33.2 Å². The van der Waals surface area contributed by atoms with Crippen LogP contribution in [0.4, 0.5) is 0 Å². The lowest BCUT2D eigenvalue weighted by molar-refractivity contribution is -0.126. The Morgan fingerprint density at radius 3 is 2.04 bits per heavy atom. The van der Waals surface area contributed by atoms with Crippen molar-refractivity contribution in [3.63, 3.8) is 0 Å². The maximum Gasteiger partial charge on any atom is 0.253 e. The number of rotatable bonds is 4. The van der Waals surface area contributed by atoms with E-state index < -0.39 is 0 Å². The summed E-state index contributed by atoms with van der Waals surface area (Å²) in [7, 11) is 0. The number of benzene rings is 2. The van der Waals surface area contributed by atoms with Gasteiger partial charge in [0.2, 0.25) is 5.91 Å². The van der Waals surface area contributed by atoms with Crippen molar-refractivity contribution in [2.24, 2.45) is 5.92 Å². The summed E-state index contributed by atoms with van der Waals surface area (Å²) in [5, 5.41) is 3.03. The second-order valence-electron chi connectivity index (χ2n) is 7.14. The molecule has 0 spiro atoms. The number of carbonyl (C=O) groups excluding carboxylic acids is 2. The standard InChI is InChI=1S/C22H26N2O2/c1-16-3-7-18(8-4-16)15-23-21(25)19-11-13-24(14-12-19)22(26)20-9-5-17(2)6-10-20/h3-10,19H,11-15H2,1-2H3,(H,23,25). The molecule has 136 valence electrons. The maximum atomic E-state index is 12.6. The highest BCUT2D eigenvalue weighted by Gasteiger charge is 2.27. The number of nitrogens with one attached hydrogen (secondary N) is 1. The van der Waals surface area contributed by atoms with Gasteiger partial charge in [0.05, 0.1) is 0 Å². The van der Waals surface area contributed by atoms with Crippen LogP contribution >= 0.6 is 0 Å². The Morgan fingerprint density at radius 1 is 0.923 bits per heavy atom. The first-order chi connectivity index (χ1) is 12.5. The van der Waals surface area contributed by atoms with Gasteiger partial charge in [-0.05, 0) is 44.4 Å². The van der Waals surface area contributed by atoms with Gasteiger partial charge in [0, 0.05) is 31.1 Å². The molecule has 26 heavy (non-hydrogen) atoms. The van der Waals surface area contributed by atoms with Crippen LogP contribution in [-0.4, -0.2) is 29.8 Å². The first-order valence-corrected chi connectivity index (χ1v) is 9.22. The van der Waals surface area contributed by atoms with Gasteiger partial charge in [-0.3, -0.25) is 9.59 Å². The van der Waals surface area contributed by atoms with Gasteiger partial charge in [-0.15, -0.1) is 0 Å². The quantitative estimate of drug-likeness (QED) is 0.918. The molecule has 4 nitrogen and oxygen atoms in total. The number of amides is 2. The number of hydrogen-bond acceptors (Lipinski definition) is 2. The van der Waals surface area contributed by atoms with Crippen molar-refractivity contribution in [2.75, 3.05) is 13.1 Å². The first kappa shape index (κ1) is 18.2. The van der Waals surface area contributed by atoms with Gasteiger partial charge in [0.15, 0.2) is 0 Å². The zero-order valence-corrected chi connectivity index (χ0v) is 15.5. The SMILES string of the molecule is Cc1ccc(CNC(=O)C2CCN(C(=O)c3ccc(C)cc3)CC2)cc1. The summed E-state index contributed by atoms with van der Waals surface area (Å²) < 4.78 is 0. The van der Waals surface area contributed by atoms with Gasteiger partial charge in [0.1, 0.15) is 0 Å². The Labute approximate surface area is 155 Å². The molecule has 1 aliphatic rings. The zero-order valence-electron chi connectivity index (χ0n) is 15.5. The lowest BCUT2D eigenvalue weighted by Crippen LogP contribution is -2.42. The van der Waals surface area contributed by atoms with Crippen molar-refractivity contribution >= 4 is 11.8 Å². The van der Waals surface area contributed by atoms with Crippen molar-refractivity contribution in [1.29, 1.82) is 0 Å². The minimum atomic E-state index is -0.0116. The summed E-state index contributed by atoms with van der Waals surface area (Å²) >= 11 is 0. The minimum Gasteiger partial charge on any atom is -0.352 e. The van der Waals surface area contributed by atoms with Crippen LogP contribution in [0.1, 0.15) is 39.9 Å². The third kappa shape index (κ3) is 4.51. The molecule has 0 radical (unpaired) electrons. The van der Waals surface area contributed by atoms with Gasteiger partial charge in [-0.25, -0.2) is 0 Å². The van der Waals surface area contributed by atoms with Gasteiger partial charge >= 0.3 is 0 Å². The number of aryl methyl sites for hydroxylation is 2. The molecule has 1 heterocycles. The van der Waals surface area contributed by atoms with Crippen LogP contribution in [0.3, 0.4) is 0 Å². The van der Waals surface area contributed by atoms with Crippen molar-refractivity contribution in [3.8, 4) is 0 Å². The van der Waals surface area contributed by atoms with E-state index in [2.05, 4.69) is 17.4 Å². The summed E-state index contributed by atoms with van der Waals surface area (Å²) in [4.78, 5) is 26.8. The molecule has 0 bridgehead atoms. The Morgan fingerprint density at radius 2 is 1.46 bits per heavy atom. The lowest BCUT2D eigenvalue weighted by Gasteiger charge is -2.31. The van der Waals surface area contributed by atoms with Gasteiger partial charge < -0.3 is 10.2 Å². The van der Waals surface area contributed by atoms with Crippen LogP contribution in [0.2, 0.25) is 0 Å². The number of likely N-dealkylation sites (tertiary alicyclic amines) is 1. The Bertz CT molecular complexity index is 758. The van der Waals surface area contributed by atoms with Crippen molar-refractivity contribution < 1.29 is 9.59 Å². The molecule has 2 aromatic carbocycles. The number of nitrogens with zero attached hydrogens (tertiary/aromatic N) is 1. The molecule has 1 N–H and O–H groups in total. The molecule has 1 saturated heterocycles. The molecule has 0 saturated carbocycles. The highest BCUT2D eigenvalue weighted by Crippen LogP contribution is 2.20. The van der Waals surface area contributed by atoms with E-state index >= 15 is 0 Å². The molecule has 0 unspecified atom stereocenters. The first-order valence-electron chi connectivity index (χ1n) is 9.22. The van der Waals surface area contributed by atoms with Gasteiger partial charge in [-0.2, -0.15) is 0 Å². The van der Waals surface area contributed by atoms with E-state index in [0.29, 0.717) is 19.6 Å². The fraction of sp³-hybridized carbons (Fsp3) is 0.364. The van der Waals surface area contributed by atoms with E-state index in [9.17, 15) is 9.59 Å². The summed E-state index contributed by atoms with van der Waals surface area (Å²) in [6.07, 6.45) is 1.44.